The van der Waals surface area contributed by atoms with E-state index in [1.165, 1.54) is 12.0 Å². The number of aliphatic hydroxyl groups excluding tert-OH is 1. The van der Waals surface area contributed by atoms with E-state index in [2.05, 4.69) is 16.0 Å². The van der Waals surface area contributed by atoms with Crippen LogP contribution in [0.15, 0.2) is 47.6 Å². The second-order valence-electron chi connectivity index (χ2n) is 9.07. The maximum atomic E-state index is 10.7. The van der Waals surface area contributed by atoms with Gasteiger partial charge in [0.05, 0.1) is 11.8 Å². The van der Waals surface area contributed by atoms with E-state index in [4.69, 9.17) is 23.7 Å². The normalized spacial score (nSPS) is 25.1. The monoisotopic (exact) mass is 479 g/mol. The minimum absolute atomic E-state index is 0.172. The molecule has 6 rings (SSSR count). The van der Waals surface area contributed by atoms with Gasteiger partial charge in [0.2, 0.25) is 12.2 Å². The lowest BCUT2D eigenvalue weighted by Gasteiger charge is -2.37. The van der Waals surface area contributed by atoms with Gasteiger partial charge >= 0.3 is 0 Å². The second kappa shape index (κ2) is 9.75. The zero-order valence-electron chi connectivity index (χ0n) is 19.5. The van der Waals surface area contributed by atoms with Crippen LogP contribution in [0.2, 0.25) is 0 Å². The number of aliphatic hydroxyl groups is 1. The molecule has 0 aliphatic carbocycles. The Balaban J connectivity index is 1.12. The predicted octanol–water partition coefficient (Wildman–Crippen LogP) is 2.77. The number of rotatable bonds is 5. The van der Waals surface area contributed by atoms with Gasteiger partial charge in [-0.3, -0.25) is 0 Å². The molecule has 2 aromatic rings. The van der Waals surface area contributed by atoms with Crippen molar-refractivity contribution in [3.8, 4) is 17.4 Å². The molecule has 5 heterocycles. The molecule has 3 atom stereocenters. The van der Waals surface area contributed by atoms with Gasteiger partial charge in [0, 0.05) is 31.0 Å². The molecule has 0 saturated carbocycles. The van der Waals surface area contributed by atoms with Crippen molar-refractivity contribution < 1.29 is 28.8 Å². The fourth-order valence-electron chi connectivity index (χ4n) is 4.80. The molecule has 1 fully saturated rings. The summed E-state index contributed by atoms with van der Waals surface area (Å²) in [6.07, 6.45) is 6.60. The van der Waals surface area contributed by atoms with Crippen molar-refractivity contribution in [1.82, 2.24) is 9.88 Å². The van der Waals surface area contributed by atoms with Crippen LogP contribution in [-0.4, -0.2) is 72.4 Å². The lowest BCUT2D eigenvalue weighted by molar-refractivity contribution is -0.0111. The van der Waals surface area contributed by atoms with Crippen LogP contribution in [0.5, 0.6) is 17.4 Å². The van der Waals surface area contributed by atoms with Gasteiger partial charge in [0.15, 0.2) is 11.9 Å². The number of aliphatic imine (C=N–C) groups is 1. The molecule has 1 saturated heterocycles. The summed E-state index contributed by atoms with van der Waals surface area (Å²) in [5, 5.41) is 10.7. The smallest absolute Gasteiger partial charge is 0.257 e. The SMILES string of the molecule is OC1N=C(OCC2COc3ncccc3O2)C=C2c3ccc(OCC4CCCCO4)cc3CCN21. The van der Waals surface area contributed by atoms with Gasteiger partial charge in [-0.2, -0.15) is 4.99 Å². The number of benzene rings is 1. The Labute approximate surface area is 203 Å². The lowest BCUT2D eigenvalue weighted by atomic mass is 9.95. The largest absolute Gasteiger partial charge is 0.491 e. The predicted molar refractivity (Wildman–Crippen MR) is 127 cm³/mol. The average molecular weight is 480 g/mol. The first kappa shape index (κ1) is 22.2. The highest BCUT2D eigenvalue weighted by Gasteiger charge is 2.31. The minimum Gasteiger partial charge on any atom is -0.491 e. The van der Waals surface area contributed by atoms with Crippen LogP contribution in [0.25, 0.3) is 5.70 Å². The summed E-state index contributed by atoms with van der Waals surface area (Å²) in [7, 11) is 0. The molecule has 0 bridgehead atoms. The standard InChI is InChI=1S/C26H29N3O6/c30-26-28-24(33-15-20-16-34-25-23(35-20)5-3-9-27-25)13-22-21-7-6-18(12-17(21)8-10-29(22)26)32-14-19-4-1-2-11-31-19/h3,5-7,9,12-13,19-20,26,30H,1-2,4,8,10-11,14-16H2. The van der Waals surface area contributed by atoms with Gasteiger partial charge in [0.25, 0.3) is 5.88 Å². The van der Waals surface area contributed by atoms with Crippen LogP contribution < -0.4 is 14.2 Å². The van der Waals surface area contributed by atoms with Crippen molar-refractivity contribution in [1.29, 1.82) is 0 Å². The Morgan fingerprint density at radius 1 is 1.11 bits per heavy atom. The van der Waals surface area contributed by atoms with E-state index in [9.17, 15) is 5.11 Å². The van der Waals surface area contributed by atoms with Crippen molar-refractivity contribution in [2.24, 2.45) is 4.99 Å². The van der Waals surface area contributed by atoms with Crippen molar-refractivity contribution in [2.45, 2.75) is 44.2 Å². The maximum Gasteiger partial charge on any atom is 0.257 e. The van der Waals surface area contributed by atoms with E-state index in [-0.39, 0.29) is 18.8 Å². The van der Waals surface area contributed by atoms with E-state index in [0.29, 0.717) is 37.3 Å². The molecule has 1 N–H and O–H groups in total. The molecule has 0 amide bonds. The maximum absolute atomic E-state index is 10.7. The molecule has 3 unspecified atom stereocenters. The molecule has 4 aliphatic heterocycles. The highest BCUT2D eigenvalue weighted by Crippen LogP contribution is 2.35. The number of hydrogen-bond donors (Lipinski definition) is 1. The van der Waals surface area contributed by atoms with Crippen LogP contribution in [0, 0.1) is 0 Å². The second-order valence-corrected chi connectivity index (χ2v) is 9.07. The molecule has 1 aromatic heterocycles. The molecule has 35 heavy (non-hydrogen) atoms. The van der Waals surface area contributed by atoms with Crippen molar-refractivity contribution in [3.05, 3.63) is 53.7 Å². The third kappa shape index (κ3) is 4.78. The number of pyridine rings is 1. The van der Waals surface area contributed by atoms with E-state index < -0.39 is 6.35 Å². The van der Waals surface area contributed by atoms with E-state index in [1.807, 2.05) is 29.2 Å². The molecular weight excluding hydrogens is 450 g/mol. The summed E-state index contributed by atoms with van der Waals surface area (Å²) >= 11 is 0. The lowest BCUT2D eigenvalue weighted by Crippen LogP contribution is -2.41. The Morgan fingerprint density at radius 3 is 2.97 bits per heavy atom. The van der Waals surface area contributed by atoms with Gasteiger partial charge in [-0.05, 0) is 61.6 Å². The van der Waals surface area contributed by atoms with E-state index in [0.717, 1.165) is 42.9 Å². The van der Waals surface area contributed by atoms with Crippen LogP contribution in [0.1, 0.15) is 30.4 Å². The average Bonchev–Trinajstić information content (AvgIpc) is 2.91. The van der Waals surface area contributed by atoms with Crippen molar-refractivity contribution in [3.63, 3.8) is 0 Å². The molecule has 0 spiro atoms. The van der Waals surface area contributed by atoms with E-state index >= 15 is 0 Å². The highest BCUT2D eigenvalue weighted by molar-refractivity contribution is 5.97. The first-order valence-electron chi connectivity index (χ1n) is 12.2. The molecule has 0 radical (unpaired) electrons. The molecular formula is C26H29N3O6. The molecule has 9 nitrogen and oxygen atoms in total. The van der Waals surface area contributed by atoms with E-state index in [1.54, 1.807) is 12.3 Å². The minimum atomic E-state index is -0.994. The number of fused-ring (bicyclic) bond motifs is 4. The quantitative estimate of drug-likeness (QED) is 0.700. The van der Waals surface area contributed by atoms with Gasteiger partial charge in [0.1, 0.15) is 25.6 Å². The van der Waals surface area contributed by atoms with Crippen molar-refractivity contribution >= 4 is 11.6 Å². The fraction of sp³-hybridized carbons (Fsp3) is 0.462. The third-order valence-electron chi connectivity index (χ3n) is 6.63. The third-order valence-corrected chi connectivity index (χ3v) is 6.63. The molecule has 184 valence electrons. The molecule has 4 aliphatic rings. The van der Waals surface area contributed by atoms with Gasteiger partial charge in [-0.25, -0.2) is 4.98 Å². The number of nitrogens with zero attached hydrogens (tertiary/aromatic N) is 3. The molecule has 1 aromatic carbocycles. The molecule has 9 heteroatoms. The Bertz CT molecular complexity index is 1130. The zero-order valence-corrected chi connectivity index (χ0v) is 19.5. The topological polar surface area (TPSA) is 94.9 Å². The zero-order chi connectivity index (χ0) is 23.6. The van der Waals surface area contributed by atoms with Crippen LogP contribution >= 0.6 is 0 Å². The van der Waals surface area contributed by atoms with Crippen LogP contribution in [0.3, 0.4) is 0 Å². The van der Waals surface area contributed by atoms with Gasteiger partial charge in [-0.1, -0.05) is 0 Å². The number of hydrogen-bond acceptors (Lipinski definition) is 9. The summed E-state index contributed by atoms with van der Waals surface area (Å²) < 4.78 is 29.3. The first-order valence-corrected chi connectivity index (χ1v) is 12.2. The summed E-state index contributed by atoms with van der Waals surface area (Å²) in [6, 6.07) is 9.72. The Hall–Kier alpha value is -3.30. The van der Waals surface area contributed by atoms with Gasteiger partial charge in [-0.15, -0.1) is 0 Å². The number of ether oxygens (including phenoxy) is 5. The van der Waals surface area contributed by atoms with Crippen LogP contribution in [0.4, 0.5) is 0 Å². The van der Waals surface area contributed by atoms with Crippen LogP contribution in [-0.2, 0) is 15.9 Å². The highest BCUT2D eigenvalue weighted by atomic mass is 16.6. The Morgan fingerprint density at radius 2 is 2.06 bits per heavy atom. The van der Waals surface area contributed by atoms with Crippen molar-refractivity contribution in [2.75, 3.05) is 33.0 Å². The fourth-order valence-corrected chi connectivity index (χ4v) is 4.80. The first-order chi connectivity index (χ1) is 17.2. The summed E-state index contributed by atoms with van der Waals surface area (Å²) in [4.78, 5) is 10.3. The summed E-state index contributed by atoms with van der Waals surface area (Å²) in [5.41, 5.74) is 3.11. The Kier molecular flexibility index (Phi) is 6.18. The van der Waals surface area contributed by atoms with Gasteiger partial charge < -0.3 is 33.7 Å². The summed E-state index contributed by atoms with van der Waals surface area (Å²) in [6.45, 7) is 2.63. The summed E-state index contributed by atoms with van der Waals surface area (Å²) in [5.74, 6) is 2.29. The number of aromatic nitrogens is 1.